The van der Waals surface area contributed by atoms with Crippen molar-refractivity contribution in [3.05, 3.63) is 29.8 Å². The molecule has 3 nitrogen and oxygen atoms in total. The summed E-state index contributed by atoms with van der Waals surface area (Å²) in [6.07, 6.45) is -4.78. The van der Waals surface area contributed by atoms with Crippen LogP contribution >= 0.6 is 23.2 Å². The van der Waals surface area contributed by atoms with Crippen LogP contribution in [-0.2, 0) is 10.2 Å². The van der Waals surface area contributed by atoms with Gasteiger partial charge in [-0.2, -0.15) is 0 Å². The molecule has 8 heteroatoms. The Morgan fingerprint density at radius 3 is 2.15 bits per heavy atom. The Bertz CT molecular complexity index is 542. The van der Waals surface area contributed by atoms with E-state index in [-0.39, 0.29) is 0 Å². The van der Waals surface area contributed by atoms with Crippen LogP contribution in [0.25, 0.3) is 0 Å². The SMILES string of the molecule is CC1(c2ccc(OC(F)(F)F)cc2)C(C(=O)O)C1(Cl)Cl. The standard InChI is InChI=1S/C12H9Cl2F3O3/c1-10(8(9(18)19)11(10,13)14)6-2-4-7(5-3-6)20-12(15,16)17/h2-5,8H,1H3,(H,18,19). The maximum absolute atomic E-state index is 12.0. The summed E-state index contributed by atoms with van der Waals surface area (Å²) < 4.78 is 38.3. The zero-order chi connectivity index (χ0) is 15.3. The van der Waals surface area contributed by atoms with Crippen LogP contribution in [-0.4, -0.2) is 21.8 Å². The Morgan fingerprint density at radius 1 is 1.30 bits per heavy atom. The molecular weight excluding hydrogens is 320 g/mol. The summed E-state index contributed by atoms with van der Waals surface area (Å²) in [7, 11) is 0. The molecule has 0 radical (unpaired) electrons. The molecule has 1 aromatic carbocycles. The van der Waals surface area contributed by atoms with Crippen molar-refractivity contribution in [3.63, 3.8) is 0 Å². The van der Waals surface area contributed by atoms with Crippen LogP contribution in [0.15, 0.2) is 24.3 Å². The normalized spacial score (nSPS) is 28.0. The molecule has 2 rings (SSSR count). The number of aliphatic carboxylic acids is 1. The monoisotopic (exact) mass is 328 g/mol. The van der Waals surface area contributed by atoms with E-state index in [1.807, 2.05) is 0 Å². The molecule has 1 fully saturated rings. The minimum absolute atomic E-state index is 0.396. The van der Waals surface area contributed by atoms with E-state index < -0.39 is 33.7 Å². The predicted octanol–water partition coefficient (Wildman–Crippen LogP) is 3.73. The summed E-state index contributed by atoms with van der Waals surface area (Å²) >= 11 is 11.9. The zero-order valence-electron chi connectivity index (χ0n) is 10.0. The molecule has 1 saturated carbocycles. The summed E-state index contributed by atoms with van der Waals surface area (Å²) in [4.78, 5) is 11.1. The fourth-order valence-corrected chi connectivity index (χ4v) is 3.25. The molecule has 0 aromatic heterocycles. The number of carbonyl (C=O) groups is 1. The van der Waals surface area contributed by atoms with Crippen molar-refractivity contribution in [2.75, 3.05) is 0 Å². The second kappa shape index (κ2) is 4.43. The highest BCUT2D eigenvalue weighted by atomic mass is 35.5. The average Bonchev–Trinajstić information content (AvgIpc) is 2.72. The van der Waals surface area contributed by atoms with Crippen molar-refractivity contribution in [2.45, 2.75) is 23.0 Å². The fraction of sp³-hybridized carbons (Fsp3) is 0.417. The first kappa shape index (κ1) is 15.3. The number of alkyl halides is 5. The fourth-order valence-electron chi connectivity index (χ4n) is 2.29. The van der Waals surface area contributed by atoms with Gasteiger partial charge in [0.25, 0.3) is 0 Å². The summed E-state index contributed by atoms with van der Waals surface area (Å²) in [6.45, 7) is 1.55. The molecule has 1 aromatic rings. The Labute approximate surface area is 122 Å². The summed E-state index contributed by atoms with van der Waals surface area (Å²) in [5, 5.41) is 9.05. The lowest BCUT2D eigenvalue weighted by Crippen LogP contribution is -2.17. The number of ether oxygens (including phenoxy) is 1. The largest absolute Gasteiger partial charge is 0.573 e. The van der Waals surface area contributed by atoms with Crippen LogP contribution in [0.5, 0.6) is 5.75 Å². The Morgan fingerprint density at radius 2 is 1.80 bits per heavy atom. The van der Waals surface area contributed by atoms with Crippen molar-refractivity contribution in [3.8, 4) is 5.75 Å². The van der Waals surface area contributed by atoms with E-state index >= 15 is 0 Å². The molecule has 20 heavy (non-hydrogen) atoms. The van der Waals surface area contributed by atoms with Crippen LogP contribution in [0.4, 0.5) is 13.2 Å². The number of carboxylic acid groups (broad SMARTS) is 1. The van der Waals surface area contributed by atoms with E-state index in [1.165, 1.54) is 12.1 Å². The third-order valence-electron chi connectivity index (χ3n) is 3.48. The highest BCUT2D eigenvalue weighted by Crippen LogP contribution is 2.69. The summed E-state index contributed by atoms with van der Waals surface area (Å²) in [5.74, 6) is -2.58. The number of carboxylic acids is 1. The van der Waals surface area contributed by atoms with Crippen LogP contribution < -0.4 is 4.74 Å². The van der Waals surface area contributed by atoms with E-state index in [0.29, 0.717) is 5.56 Å². The van der Waals surface area contributed by atoms with Crippen molar-refractivity contribution in [2.24, 2.45) is 5.92 Å². The Balaban J connectivity index is 2.26. The highest BCUT2D eigenvalue weighted by Gasteiger charge is 2.77. The second-order valence-corrected chi connectivity index (χ2v) is 6.05. The Hall–Kier alpha value is -1.14. The number of benzene rings is 1. The van der Waals surface area contributed by atoms with Crippen molar-refractivity contribution in [1.82, 2.24) is 0 Å². The minimum Gasteiger partial charge on any atom is -0.481 e. The van der Waals surface area contributed by atoms with Gasteiger partial charge in [-0.3, -0.25) is 4.79 Å². The Kier molecular flexibility index (Phi) is 3.38. The first-order valence-corrected chi connectivity index (χ1v) is 6.22. The number of halogens is 5. The van der Waals surface area contributed by atoms with Crippen molar-refractivity contribution < 1.29 is 27.8 Å². The summed E-state index contributed by atoms with van der Waals surface area (Å²) in [6, 6.07) is 4.83. The molecule has 110 valence electrons. The third-order valence-corrected chi connectivity index (χ3v) is 4.71. The smallest absolute Gasteiger partial charge is 0.481 e. The molecule has 0 spiro atoms. The van der Waals surface area contributed by atoms with Gasteiger partial charge in [0, 0.05) is 5.41 Å². The molecule has 0 aliphatic heterocycles. The van der Waals surface area contributed by atoms with E-state index in [9.17, 15) is 18.0 Å². The first-order valence-electron chi connectivity index (χ1n) is 5.47. The molecule has 2 atom stereocenters. The van der Waals surface area contributed by atoms with Gasteiger partial charge in [-0.15, -0.1) is 13.2 Å². The van der Waals surface area contributed by atoms with E-state index in [2.05, 4.69) is 4.74 Å². The molecule has 0 amide bonds. The number of hydrogen-bond donors (Lipinski definition) is 1. The van der Waals surface area contributed by atoms with Gasteiger partial charge in [0.05, 0.1) is 0 Å². The van der Waals surface area contributed by atoms with Crippen LogP contribution in [0.2, 0.25) is 0 Å². The van der Waals surface area contributed by atoms with Crippen LogP contribution in [0.3, 0.4) is 0 Å². The van der Waals surface area contributed by atoms with Crippen LogP contribution in [0.1, 0.15) is 12.5 Å². The van der Waals surface area contributed by atoms with Gasteiger partial charge in [0.1, 0.15) is 16.0 Å². The van der Waals surface area contributed by atoms with Crippen LogP contribution in [0, 0.1) is 5.92 Å². The van der Waals surface area contributed by atoms with Gasteiger partial charge in [-0.05, 0) is 17.7 Å². The molecule has 0 heterocycles. The number of rotatable bonds is 3. The van der Waals surface area contributed by atoms with Gasteiger partial charge in [-0.1, -0.05) is 42.3 Å². The van der Waals surface area contributed by atoms with E-state index in [4.69, 9.17) is 28.3 Å². The molecule has 0 saturated heterocycles. The predicted molar refractivity (Wildman–Crippen MR) is 66.0 cm³/mol. The third kappa shape index (κ3) is 2.31. The number of hydrogen-bond acceptors (Lipinski definition) is 2. The second-order valence-electron chi connectivity index (χ2n) is 4.67. The molecule has 1 aliphatic rings. The first-order chi connectivity index (χ1) is 9.00. The zero-order valence-corrected chi connectivity index (χ0v) is 11.6. The molecule has 0 bridgehead atoms. The van der Waals surface area contributed by atoms with Crippen molar-refractivity contribution in [1.29, 1.82) is 0 Å². The molecule has 1 aliphatic carbocycles. The quantitative estimate of drug-likeness (QED) is 0.860. The van der Waals surface area contributed by atoms with Gasteiger partial charge in [0.2, 0.25) is 0 Å². The molecule has 1 N–H and O–H groups in total. The van der Waals surface area contributed by atoms with Gasteiger partial charge in [-0.25, -0.2) is 0 Å². The topological polar surface area (TPSA) is 46.5 Å². The van der Waals surface area contributed by atoms with E-state index in [0.717, 1.165) is 12.1 Å². The molecular formula is C12H9Cl2F3O3. The van der Waals surface area contributed by atoms with Crippen molar-refractivity contribution >= 4 is 29.2 Å². The minimum atomic E-state index is -4.78. The lowest BCUT2D eigenvalue weighted by Gasteiger charge is -2.14. The maximum Gasteiger partial charge on any atom is 0.573 e. The van der Waals surface area contributed by atoms with Gasteiger partial charge in [0.15, 0.2) is 0 Å². The molecule has 2 unspecified atom stereocenters. The highest BCUT2D eigenvalue weighted by molar-refractivity contribution is 6.54. The average molecular weight is 329 g/mol. The summed E-state index contributed by atoms with van der Waals surface area (Å²) in [5.41, 5.74) is -0.622. The van der Waals surface area contributed by atoms with Gasteiger partial charge >= 0.3 is 12.3 Å². The van der Waals surface area contributed by atoms with E-state index in [1.54, 1.807) is 6.92 Å². The lowest BCUT2D eigenvalue weighted by atomic mass is 9.95. The van der Waals surface area contributed by atoms with Gasteiger partial charge < -0.3 is 9.84 Å². The lowest BCUT2D eigenvalue weighted by molar-refractivity contribution is -0.274. The maximum atomic E-state index is 12.0.